The van der Waals surface area contributed by atoms with Crippen molar-refractivity contribution in [3.63, 3.8) is 0 Å². The number of carbonyl (C=O) groups excluding carboxylic acids is 1. The molecule has 1 amide bonds. The van der Waals surface area contributed by atoms with E-state index in [1.54, 1.807) is 18.5 Å². The number of H-pyrrole nitrogens is 1. The van der Waals surface area contributed by atoms with Gasteiger partial charge in [-0.25, -0.2) is 4.39 Å². The summed E-state index contributed by atoms with van der Waals surface area (Å²) >= 11 is 6.13. The van der Waals surface area contributed by atoms with E-state index in [0.717, 1.165) is 23.2 Å². The molecule has 2 N–H and O–H groups in total. The highest BCUT2D eigenvalue weighted by molar-refractivity contribution is 6.35. The number of nitrogens with one attached hydrogen (secondary N) is 2. The highest BCUT2D eigenvalue weighted by Gasteiger charge is 2.19. The minimum absolute atomic E-state index is 0.0833. The van der Waals surface area contributed by atoms with E-state index in [1.807, 2.05) is 32.2 Å². The van der Waals surface area contributed by atoms with Gasteiger partial charge < -0.3 is 10.3 Å². The van der Waals surface area contributed by atoms with Crippen LogP contribution in [-0.2, 0) is 11.3 Å². The van der Waals surface area contributed by atoms with Crippen molar-refractivity contribution in [3.05, 3.63) is 82.1 Å². The molecule has 1 aliphatic carbocycles. The summed E-state index contributed by atoms with van der Waals surface area (Å²) in [5.74, 6) is -0.703. The first-order chi connectivity index (χ1) is 15.9. The molecule has 170 valence electrons. The standard InChI is InChI=1S/C26H26ClFN4O/c1-3-29-20(11-17-6-7-24-18(10-17)5-4-8-30-24)9-16(2)26(33)32-14-19-12-21-22(27)15-31-25(21)13-23(19)28/h3-9,12-13,15-16,18,31H,10-11,14H2,1-2H3,(H,32,33)/b20-9-,29-3?. The first-order valence-electron chi connectivity index (χ1n) is 11.0. The van der Waals surface area contributed by atoms with E-state index < -0.39 is 11.7 Å². The van der Waals surface area contributed by atoms with E-state index in [4.69, 9.17) is 11.6 Å². The largest absolute Gasteiger partial charge is 0.360 e. The SMILES string of the molecule is CC=N/C(=C\C(C)C(=O)NCc1cc2c(Cl)c[nH]c2cc1F)CC1=CC=C2N=CC=CC2C1. The van der Waals surface area contributed by atoms with Crippen LogP contribution in [0.2, 0.25) is 5.02 Å². The van der Waals surface area contributed by atoms with E-state index in [2.05, 4.69) is 38.5 Å². The van der Waals surface area contributed by atoms with Gasteiger partial charge in [0, 0.05) is 65.4 Å². The maximum Gasteiger partial charge on any atom is 0.226 e. The van der Waals surface area contributed by atoms with Gasteiger partial charge in [-0.15, -0.1) is 0 Å². The second-order valence-electron chi connectivity index (χ2n) is 8.24. The Morgan fingerprint density at radius 3 is 3.09 bits per heavy atom. The number of halogens is 2. The number of benzene rings is 1. The quantitative estimate of drug-likeness (QED) is 0.481. The van der Waals surface area contributed by atoms with Gasteiger partial charge in [-0.05, 0) is 37.6 Å². The lowest BCUT2D eigenvalue weighted by Crippen LogP contribution is -2.28. The fraction of sp³-hybridized carbons (Fsp3) is 0.269. The number of allylic oxidation sites excluding steroid dienone is 5. The zero-order valence-electron chi connectivity index (χ0n) is 18.6. The van der Waals surface area contributed by atoms with Gasteiger partial charge in [0.15, 0.2) is 0 Å². The molecule has 0 radical (unpaired) electrons. The van der Waals surface area contributed by atoms with E-state index in [-0.39, 0.29) is 12.5 Å². The average Bonchev–Trinajstić information content (AvgIpc) is 3.16. The summed E-state index contributed by atoms with van der Waals surface area (Å²) in [6.45, 7) is 3.75. The van der Waals surface area contributed by atoms with Crippen molar-refractivity contribution in [1.82, 2.24) is 10.3 Å². The number of carbonyl (C=O) groups is 1. The molecule has 2 atom stereocenters. The van der Waals surface area contributed by atoms with Gasteiger partial charge in [0.05, 0.1) is 10.9 Å². The zero-order chi connectivity index (χ0) is 23.4. The Balaban J connectivity index is 1.41. The minimum atomic E-state index is -0.416. The molecule has 4 rings (SSSR count). The highest BCUT2D eigenvalue weighted by Crippen LogP contribution is 2.32. The van der Waals surface area contributed by atoms with Crippen molar-refractivity contribution < 1.29 is 9.18 Å². The summed E-state index contributed by atoms with van der Waals surface area (Å²) in [7, 11) is 0. The van der Waals surface area contributed by atoms with Crippen LogP contribution in [0, 0.1) is 17.7 Å². The predicted molar refractivity (Wildman–Crippen MR) is 133 cm³/mol. The number of hydrogen-bond donors (Lipinski definition) is 2. The molecule has 0 fully saturated rings. The third-order valence-corrected chi connectivity index (χ3v) is 6.13. The normalized spacial score (nSPS) is 18.9. The lowest BCUT2D eigenvalue weighted by molar-refractivity contribution is -0.123. The smallest absolute Gasteiger partial charge is 0.226 e. The van der Waals surface area contributed by atoms with E-state index in [1.165, 1.54) is 11.6 Å². The second kappa shape index (κ2) is 10.1. The van der Waals surface area contributed by atoms with Gasteiger partial charge in [-0.2, -0.15) is 0 Å². The van der Waals surface area contributed by atoms with Crippen molar-refractivity contribution in [3.8, 4) is 0 Å². The summed E-state index contributed by atoms with van der Waals surface area (Å²) in [5.41, 5.74) is 4.16. The highest BCUT2D eigenvalue weighted by atomic mass is 35.5. The molecule has 0 saturated heterocycles. The van der Waals surface area contributed by atoms with Crippen LogP contribution in [0.15, 0.2) is 75.7 Å². The van der Waals surface area contributed by atoms with Crippen LogP contribution in [0.4, 0.5) is 4.39 Å². The molecular formula is C26H26ClFN4O. The van der Waals surface area contributed by atoms with E-state index in [0.29, 0.717) is 28.4 Å². The topological polar surface area (TPSA) is 69.6 Å². The van der Waals surface area contributed by atoms with Crippen molar-refractivity contribution in [1.29, 1.82) is 0 Å². The molecule has 2 unspecified atom stereocenters. The number of aromatic nitrogens is 1. The number of fused-ring (bicyclic) bond motifs is 2. The van der Waals surface area contributed by atoms with Crippen molar-refractivity contribution in [2.75, 3.05) is 0 Å². The summed E-state index contributed by atoms with van der Waals surface area (Å²) < 4.78 is 14.4. The van der Waals surface area contributed by atoms with Crippen LogP contribution < -0.4 is 5.32 Å². The third-order valence-electron chi connectivity index (χ3n) is 5.82. The molecule has 1 aromatic carbocycles. The van der Waals surface area contributed by atoms with Gasteiger partial charge in [-0.1, -0.05) is 42.3 Å². The fourth-order valence-corrected chi connectivity index (χ4v) is 4.29. The first-order valence-corrected chi connectivity index (χ1v) is 11.3. The molecule has 33 heavy (non-hydrogen) atoms. The van der Waals surface area contributed by atoms with Crippen molar-refractivity contribution in [2.45, 2.75) is 33.2 Å². The molecule has 2 aliphatic rings. The Morgan fingerprint density at radius 2 is 2.27 bits per heavy atom. The van der Waals surface area contributed by atoms with Gasteiger partial charge in [-0.3, -0.25) is 14.8 Å². The van der Waals surface area contributed by atoms with Crippen molar-refractivity contribution >= 4 is 40.8 Å². The first kappa shape index (κ1) is 22.9. The van der Waals surface area contributed by atoms with Crippen LogP contribution >= 0.6 is 11.6 Å². The Kier molecular flexibility index (Phi) is 7.04. The molecule has 0 bridgehead atoms. The lowest BCUT2D eigenvalue weighted by atomic mass is 9.87. The fourth-order valence-electron chi connectivity index (χ4n) is 4.07. The summed E-state index contributed by atoms with van der Waals surface area (Å²) in [5, 5.41) is 4.07. The number of hydrogen-bond acceptors (Lipinski definition) is 3. The summed E-state index contributed by atoms with van der Waals surface area (Å²) in [6, 6.07) is 3.06. The molecule has 1 aromatic heterocycles. The van der Waals surface area contributed by atoms with E-state index >= 15 is 0 Å². The monoisotopic (exact) mass is 464 g/mol. The molecule has 5 nitrogen and oxygen atoms in total. The number of rotatable bonds is 7. The third kappa shape index (κ3) is 5.40. The molecule has 7 heteroatoms. The molecule has 0 saturated carbocycles. The van der Waals surface area contributed by atoms with Crippen LogP contribution in [0.1, 0.15) is 32.3 Å². The Hall–Kier alpha value is -3.25. The molecule has 2 heterocycles. The van der Waals surface area contributed by atoms with Crippen LogP contribution in [0.25, 0.3) is 10.9 Å². The number of aromatic amines is 1. The van der Waals surface area contributed by atoms with Crippen molar-refractivity contribution in [2.24, 2.45) is 21.8 Å². The Morgan fingerprint density at radius 1 is 1.42 bits per heavy atom. The van der Waals surface area contributed by atoms with Gasteiger partial charge in [0.1, 0.15) is 5.82 Å². The Bertz CT molecular complexity index is 1250. The summed E-state index contributed by atoms with van der Waals surface area (Å²) in [6.07, 6.45) is 16.9. The average molecular weight is 465 g/mol. The number of aliphatic imine (C=N–C) groups is 2. The van der Waals surface area contributed by atoms with Gasteiger partial charge in [0.25, 0.3) is 0 Å². The molecule has 2 aromatic rings. The maximum absolute atomic E-state index is 14.4. The molecule has 0 spiro atoms. The molecular weight excluding hydrogens is 439 g/mol. The predicted octanol–water partition coefficient (Wildman–Crippen LogP) is 6.05. The maximum atomic E-state index is 14.4. The zero-order valence-corrected chi connectivity index (χ0v) is 19.4. The van der Waals surface area contributed by atoms with Gasteiger partial charge >= 0.3 is 0 Å². The molecule has 1 aliphatic heterocycles. The van der Waals surface area contributed by atoms with Gasteiger partial charge in [0.2, 0.25) is 5.91 Å². The summed E-state index contributed by atoms with van der Waals surface area (Å²) in [4.78, 5) is 24.5. The van der Waals surface area contributed by atoms with Crippen LogP contribution in [-0.4, -0.2) is 23.3 Å². The minimum Gasteiger partial charge on any atom is -0.360 e. The van der Waals surface area contributed by atoms with Crippen LogP contribution in [0.5, 0.6) is 0 Å². The number of amides is 1. The Labute approximate surface area is 197 Å². The second-order valence-corrected chi connectivity index (χ2v) is 8.65. The lowest BCUT2D eigenvalue weighted by Gasteiger charge is -2.22. The van der Waals surface area contributed by atoms with Crippen LogP contribution in [0.3, 0.4) is 0 Å². The number of dihydropyridines is 1. The van der Waals surface area contributed by atoms with E-state index in [9.17, 15) is 9.18 Å². The number of nitrogens with zero attached hydrogens (tertiary/aromatic N) is 2.